The van der Waals surface area contributed by atoms with Crippen LogP contribution in [-0.4, -0.2) is 10.5 Å². The third-order valence-corrected chi connectivity index (χ3v) is 4.06. The fourth-order valence-electron chi connectivity index (χ4n) is 2.01. The molecule has 12 heavy (non-hydrogen) atoms. The SMILES string of the molecule is CC1CCC2C1=NC(Br)=CC2Br. The summed E-state index contributed by atoms with van der Waals surface area (Å²) in [4.78, 5) is 5.03. The van der Waals surface area contributed by atoms with E-state index in [0.29, 0.717) is 16.7 Å². The van der Waals surface area contributed by atoms with E-state index in [0.717, 1.165) is 4.61 Å². The summed E-state index contributed by atoms with van der Waals surface area (Å²) in [5, 5.41) is 0. The molecule has 66 valence electrons. The van der Waals surface area contributed by atoms with Gasteiger partial charge in [0.25, 0.3) is 0 Å². The average molecular weight is 293 g/mol. The molecule has 0 saturated heterocycles. The van der Waals surface area contributed by atoms with E-state index in [1.54, 1.807) is 0 Å². The Morgan fingerprint density at radius 3 is 3.00 bits per heavy atom. The van der Waals surface area contributed by atoms with Gasteiger partial charge >= 0.3 is 0 Å². The summed E-state index contributed by atoms with van der Waals surface area (Å²) in [6.45, 7) is 2.27. The van der Waals surface area contributed by atoms with Crippen molar-refractivity contribution in [3.63, 3.8) is 0 Å². The summed E-state index contributed by atoms with van der Waals surface area (Å²) >= 11 is 7.11. The van der Waals surface area contributed by atoms with Crippen LogP contribution in [0.5, 0.6) is 0 Å². The third kappa shape index (κ3) is 1.41. The molecule has 0 aromatic heterocycles. The first-order valence-corrected chi connectivity index (χ1v) is 5.99. The van der Waals surface area contributed by atoms with Gasteiger partial charge in [-0.05, 0) is 40.8 Å². The first kappa shape index (κ1) is 8.95. The Kier molecular flexibility index (Phi) is 2.43. The van der Waals surface area contributed by atoms with Crippen LogP contribution in [0.4, 0.5) is 0 Å². The zero-order valence-electron chi connectivity index (χ0n) is 6.93. The lowest BCUT2D eigenvalue weighted by Gasteiger charge is -2.20. The van der Waals surface area contributed by atoms with Gasteiger partial charge in [0.1, 0.15) is 4.61 Å². The molecule has 2 aliphatic rings. The van der Waals surface area contributed by atoms with Gasteiger partial charge in [-0.25, -0.2) is 4.99 Å². The molecule has 0 spiro atoms. The minimum Gasteiger partial charge on any atom is -0.250 e. The van der Waals surface area contributed by atoms with E-state index in [2.05, 4.69) is 49.9 Å². The summed E-state index contributed by atoms with van der Waals surface area (Å²) in [6.07, 6.45) is 4.72. The van der Waals surface area contributed by atoms with Crippen molar-refractivity contribution in [3.8, 4) is 0 Å². The smallest absolute Gasteiger partial charge is 0.103 e. The quantitative estimate of drug-likeness (QED) is 0.479. The Labute approximate surface area is 89.6 Å². The number of rotatable bonds is 0. The Balaban J connectivity index is 2.32. The first-order valence-electron chi connectivity index (χ1n) is 4.28. The van der Waals surface area contributed by atoms with Crippen LogP contribution in [0.3, 0.4) is 0 Å². The van der Waals surface area contributed by atoms with Gasteiger partial charge in [-0.2, -0.15) is 0 Å². The molecule has 3 heteroatoms. The van der Waals surface area contributed by atoms with Crippen molar-refractivity contribution in [3.05, 3.63) is 10.7 Å². The van der Waals surface area contributed by atoms with Gasteiger partial charge in [0.2, 0.25) is 0 Å². The van der Waals surface area contributed by atoms with E-state index in [-0.39, 0.29) is 0 Å². The molecule has 0 N–H and O–H groups in total. The van der Waals surface area contributed by atoms with E-state index in [9.17, 15) is 0 Å². The third-order valence-electron chi connectivity index (χ3n) is 2.71. The first-order chi connectivity index (χ1) is 5.68. The van der Waals surface area contributed by atoms with Gasteiger partial charge in [-0.3, -0.25) is 0 Å². The van der Waals surface area contributed by atoms with Crippen molar-refractivity contribution in [2.24, 2.45) is 16.8 Å². The molecule has 2 rings (SSSR count). The number of hydrogen-bond donors (Lipinski definition) is 0. The van der Waals surface area contributed by atoms with Crippen LogP contribution in [0.2, 0.25) is 0 Å². The van der Waals surface area contributed by atoms with Gasteiger partial charge in [-0.1, -0.05) is 22.9 Å². The summed E-state index contributed by atoms with van der Waals surface area (Å²) in [5.74, 6) is 1.33. The maximum absolute atomic E-state index is 4.54. The highest BCUT2D eigenvalue weighted by molar-refractivity contribution is 9.12. The van der Waals surface area contributed by atoms with Crippen LogP contribution in [0.25, 0.3) is 0 Å². The van der Waals surface area contributed by atoms with E-state index < -0.39 is 0 Å². The van der Waals surface area contributed by atoms with Crippen molar-refractivity contribution in [1.29, 1.82) is 0 Å². The van der Waals surface area contributed by atoms with E-state index in [4.69, 9.17) is 0 Å². The second-order valence-corrected chi connectivity index (χ2v) is 5.43. The maximum atomic E-state index is 4.54. The van der Waals surface area contributed by atoms with Crippen molar-refractivity contribution in [2.75, 3.05) is 0 Å². The minimum atomic E-state index is 0.490. The normalized spacial score (nSPS) is 40.4. The van der Waals surface area contributed by atoms with Gasteiger partial charge < -0.3 is 0 Å². The number of allylic oxidation sites excluding steroid dienone is 1. The van der Waals surface area contributed by atoms with E-state index in [1.807, 2.05) is 0 Å². The molecule has 0 amide bonds. The molecule has 3 atom stereocenters. The van der Waals surface area contributed by atoms with Crippen LogP contribution >= 0.6 is 31.9 Å². The molecule has 1 saturated carbocycles. The van der Waals surface area contributed by atoms with Gasteiger partial charge in [0, 0.05) is 16.5 Å². The van der Waals surface area contributed by atoms with Crippen LogP contribution in [0.1, 0.15) is 19.8 Å². The molecule has 0 aromatic rings. The number of nitrogens with zero attached hydrogens (tertiary/aromatic N) is 1. The molecule has 1 fully saturated rings. The zero-order chi connectivity index (χ0) is 8.72. The largest absolute Gasteiger partial charge is 0.250 e. The van der Waals surface area contributed by atoms with Gasteiger partial charge in [-0.15, -0.1) is 0 Å². The highest BCUT2D eigenvalue weighted by Gasteiger charge is 2.35. The van der Waals surface area contributed by atoms with Crippen LogP contribution in [0, 0.1) is 11.8 Å². The summed E-state index contributed by atoms with van der Waals surface area (Å²) in [7, 11) is 0. The predicted octanol–water partition coefficient (Wildman–Crippen LogP) is 3.49. The molecule has 0 bridgehead atoms. The van der Waals surface area contributed by atoms with Gasteiger partial charge in [0.15, 0.2) is 0 Å². The molecule has 3 unspecified atom stereocenters. The summed E-state index contributed by atoms with van der Waals surface area (Å²) in [6, 6.07) is 0. The number of halogens is 2. The van der Waals surface area contributed by atoms with Gasteiger partial charge in [0.05, 0.1) is 0 Å². The lowest BCUT2D eigenvalue weighted by molar-refractivity contribution is 0.656. The molecule has 1 nitrogen and oxygen atoms in total. The Hall–Kier alpha value is 0.370. The monoisotopic (exact) mass is 291 g/mol. The molecule has 1 heterocycles. The highest BCUT2D eigenvalue weighted by atomic mass is 79.9. The Morgan fingerprint density at radius 2 is 2.25 bits per heavy atom. The Bertz CT molecular complexity index is 257. The number of alkyl halides is 1. The highest BCUT2D eigenvalue weighted by Crippen LogP contribution is 2.38. The maximum Gasteiger partial charge on any atom is 0.103 e. The lowest BCUT2D eigenvalue weighted by Crippen LogP contribution is -2.23. The van der Waals surface area contributed by atoms with Crippen molar-refractivity contribution in [2.45, 2.75) is 24.6 Å². The standard InChI is InChI=1S/C9H11Br2N/c1-5-2-3-6-7(10)4-8(11)12-9(5)6/h4-7H,2-3H2,1H3. The summed E-state index contributed by atoms with van der Waals surface area (Å²) < 4.78 is 0.990. The topological polar surface area (TPSA) is 12.4 Å². The minimum absolute atomic E-state index is 0.490. The molecule has 0 aromatic carbocycles. The van der Waals surface area contributed by atoms with Crippen LogP contribution in [0.15, 0.2) is 15.7 Å². The van der Waals surface area contributed by atoms with E-state index >= 15 is 0 Å². The molecule has 1 aliphatic heterocycles. The second-order valence-electron chi connectivity index (χ2n) is 3.56. The molecule has 1 aliphatic carbocycles. The van der Waals surface area contributed by atoms with E-state index in [1.165, 1.54) is 18.6 Å². The van der Waals surface area contributed by atoms with Crippen molar-refractivity contribution >= 4 is 37.6 Å². The number of fused-ring (bicyclic) bond motifs is 1. The Morgan fingerprint density at radius 1 is 1.50 bits per heavy atom. The summed E-state index contributed by atoms with van der Waals surface area (Å²) in [5.41, 5.74) is 1.38. The average Bonchev–Trinajstić information content (AvgIpc) is 2.33. The molecular formula is C9H11Br2N. The molecular weight excluding hydrogens is 282 g/mol. The second kappa shape index (κ2) is 3.26. The number of hydrogen-bond acceptors (Lipinski definition) is 1. The van der Waals surface area contributed by atoms with Crippen molar-refractivity contribution in [1.82, 2.24) is 0 Å². The van der Waals surface area contributed by atoms with Crippen LogP contribution in [-0.2, 0) is 0 Å². The molecule has 0 radical (unpaired) electrons. The lowest BCUT2D eigenvalue weighted by atomic mass is 9.98. The number of aliphatic imine (C=N–C) groups is 1. The van der Waals surface area contributed by atoms with Crippen molar-refractivity contribution < 1.29 is 0 Å². The fourth-order valence-corrected chi connectivity index (χ4v) is 3.64. The zero-order valence-corrected chi connectivity index (χ0v) is 10.1. The van der Waals surface area contributed by atoms with Crippen LogP contribution < -0.4 is 0 Å². The predicted molar refractivity (Wildman–Crippen MR) is 59.0 cm³/mol. The fraction of sp³-hybridized carbons (Fsp3) is 0.667.